The molecule has 5 nitrogen and oxygen atoms in total. The number of piperidine rings is 1. The molecule has 1 aromatic rings. The van der Waals surface area contributed by atoms with E-state index in [1.54, 1.807) is 16.4 Å². The number of tetrazole rings is 1. The first-order chi connectivity index (χ1) is 6.86. The summed E-state index contributed by atoms with van der Waals surface area (Å²) in [4.78, 5) is 0. The Morgan fingerprint density at radius 2 is 2.57 bits per heavy atom. The molecular formula is C8H15N5S. The van der Waals surface area contributed by atoms with Crippen LogP contribution < -0.4 is 5.32 Å². The zero-order valence-electron chi connectivity index (χ0n) is 8.31. The van der Waals surface area contributed by atoms with E-state index in [1.165, 1.54) is 19.4 Å². The van der Waals surface area contributed by atoms with Gasteiger partial charge in [-0.05, 0) is 42.3 Å². The van der Waals surface area contributed by atoms with Gasteiger partial charge in [-0.3, -0.25) is 0 Å². The van der Waals surface area contributed by atoms with Crippen LogP contribution in [0.1, 0.15) is 12.8 Å². The standard InChI is InChI=1S/C8H15N5S/c1-13-8(10-11-12-13)14-6-7-3-2-4-9-5-7/h7,9H,2-6H2,1H3. The summed E-state index contributed by atoms with van der Waals surface area (Å²) in [6, 6.07) is 0. The second-order valence-electron chi connectivity index (χ2n) is 3.61. The number of nitrogens with zero attached hydrogens (tertiary/aromatic N) is 4. The zero-order chi connectivity index (χ0) is 9.80. The topological polar surface area (TPSA) is 55.6 Å². The summed E-state index contributed by atoms with van der Waals surface area (Å²) >= 11 is 1.75. The van der Waals surface area contributed by atoms with Crippen molar-refractivity contribution in [3.05, 3.63) is 0 Å². The fourth-order valence-corrected chi connectivity index (χ4v) is 2.59. The van der Waals surface area contributed by atoms with Crippen LogP contribution in [0.5, 0.6) is 0 Å². The molecule has 0 saturated carbocycles. The summed E-state index contributed by atoms with van der Waals surface area (Å²) in [5, 5.41) is 15.7. The van der Waals surface area contributed by atoms with Gasteiger partial charge in [0.2, 0.25) is 5.16 Å². The molecule has 0 bridgehead atoms. The number of aromatic nitrogens is 4. The van der Waals surface area contributed by atoms with Crippen LogP contribution in [0.4, 0.5) is 0 Å². The van der Waals surface area contributed by atoms with E-state index in [1.807, 2.05) is 7.05 Å². The average molecular weight is 213 g/mol. The first kappa shape index (κ1) is 9.92. The highest BCUT2D eigenvalue weighted by molar-refractivity contribution is 7.99. The van der Waals surface area contributed by atoms with E-state index in [4.69, 9.17) is 0 Å². The van der Waals surface area contributed by atoms with Crippen LogP contribution in [0.3, 0.4) is 0 Å². The van der Waals surface area contributed by atoms with Crippen LogP contribution >= 0.6 is 11.8 Å². The fraction of sp³-hybridized carbons (Fsp3) is 0.875. The Morgan fingerprint density at radius 3 is 3.21 bits per heavy atom. The third-order valence-electron chi connectivity index (χ3n) is 2.43. The van der Waals surface area contributed by atoms with Crippen molar-refractivity contribution in [2.24, 2.45) is 13.0 Å². The molecule has 0 aliphatic carbocycles. The molecule has 0 amide bonds. The Balaban J connectivity index is 1.79. The van der Waals surface area contributed by atoms with Crippen molar-refractivity contribution >= 4 is 11.8 Å². The molecule has 1 unspecified atom stereocenters. The van der Waals surface area contributed by atoms with Crippen LogP contribution in [0.15, 0.2) is 5.16 Å². The van der Waals surface area contributed by atoms with Gasteiger partial charge < -0.3 is 5.32 Å². The molecule has 1 saturated heterocycles. The minimum atomic E-state index is 0.769. The first-order valence-electron chi connectivity index (χ1n) is 4.92. The Bertz CT molecular complexity index is 281. The fourth-order valence-electron chi connectivity index (χ4n) is 1.60. The number of nitrogens with one attached hydrogen (secondary N) is 1. The third kappa shape index (κ3) is 2.45. The van der Waals surface area contributed by atoms with Crippen molar-refractivity contribution < 1.29 is 0 Å². The number of rotatable bonds is 3. The normalized spacial score (nSPS) is 22.5. The molecule has 6 heteroatoms. The third-order valence-corrected chi connectivity index (χ3v) is 3.67. The second kappa shape index (κ2) is 4.75. The summed E-state index contributed by atoms with van der Waals surface area (Å²) in [5.74, 6) is 1.88. The highest BCUT2D eigenvalue weighted by atomic mass is 32.2. The molecule has 1 N–H and O–H groups in total. The lowest BCUT2D eigenvalue weighted by molar-refractivity contribution is 0.410. The molecular weight excluding hydrogens is 198 g/mol. The largest absolute Gasteiger partial charge is 0.316 e. The molecule has 0 aromatic carbocycles. The number of hydrogen-bond donors (Lipinski definition) is 1. The van der Waals surface area contributed by atoms with Gasteiger partial charge in [-0.25, -0.2) is 4.68 Å². The smallest absolute Gasteiger partial charge is 0.209 e. The zero-order valence-corrected chi connectivity index (χ0v) is 9.13. The predicted molar refractivity (Wildman–Crippen MR) is 55.1 cm³/mol. The number of hydrogen-bond acceptors (Lipinski definition) is 5. The Kier molecular flexibility index (Phi) is 3.36. The van der Waals surface area contributed by atoms with Gasteiger partial charge in [0.15, 0.2) is 0 Å². The van der Waals surface area contributed by atoms with E-state index in [2.05, 4.69) is 20.8 Å². The van der Waals surface area contributed by atoms with Crippen molar-refractivity contribution in [2.45, 2.75) is 18.0 Å². The van der Waals surface area contributed by atoms with Gasteiger partial charge in [-0.15, -0.1) is 5.10 Å². The predicted octanol–water partition coefficient (Wildman–Crippen LogP) is 0.302. The van der Waals surface area contributed by atoms with Gasteiger partial charge in [-0.2, -0.15) is 0 Å². The van der Waals surface area contributed by atoms with E-state index in [-0.39, 0.29) is 0 Å². The summed E-state index contributed by atoms with van der Waals surface area (Å²) in [6.45, 7) is 2.31. The summed E-state index contributed by atoms with van der Waals surface area (Å²) in [6.07, 6.45) is 2.62. The lowest BCUT2D eigenvalue weighted by Gasteiger charge is -2.21. The van der Waals surface area contributed by atoms with E-state index >= 15 is 0 Å². The molecule has 0 radical (unpaired) electrons. The summed E-state index contributed by atoms with van der Waals surface area (Å²) in [5.41, 5.74) is 0. The lowest BCUT2D eigenvalue weighted by atomic mass is 10.0. The molecule has 1 atom stereocenters. The summed E-state index contributed by atoms with van der Waals surface area (Å²) in [7, 11) is 1.88. The molecule has 2 rings (SSSR count). The average Bonchev–Trinajstić information content (AvgIpc) is 2.63. The maximum Gasteiger partial charge on any atom is 0.209 e. The number of aryl methyl sites for hydroxylation is 1. The van der Waals surface area contributed by atoms with Crippen LogP contribution in [-0.2, 0) is 7.05 Å². The van der Waals surface area contributed by atoms with Gasteiger partial charge in [-0.1, -0.05) is 11.8 Å². The molecule has 1 aliphatic rings. The van der Waals surface area contributed by atoms with Gasteiger partial charge in [0.25, 0.3) is 0 Å². The van der Waals surface area contributed by atoms with Crippen molar-refractivity contribution in [3.63, 3.8) is 0 Å². The quantitative estimate of drug-likeness (QED) is 0.732. The van der Waals surface area contributed by atoms with E-state index in [0.717, 1.165) is 23.4 Å². The molecule has 1 aromatic heterocycles. The molecule has 1 fully saturated rings. The van der Waals surface area contributed by atoms with Gasteiger partial charge in [0, 0.05) is 12.8 Å². The minimum Gasteiger partial charge on any atom is -0.316 e. The maximum atomic E-state index is 3.94. The Labute approximate surface area is 87.6 Å². The first-order valence-corrected chi connectivity index (χ1v) is 5.90. The van der Waals surface area contributed by atoms with Crippen LogP contribution in [0.25, 0.3) is 0 Å². The van der Waals surface area contributed by atoms with Crippen molar-refractivity contribution in [1.29, 1.82) is 0 Å². The van der Waals surface area contributed by atoms with Gasteiger partial charge in [0.05, 0.1) is 0 Å². The van der Waals surface area contributed by atoms with E-state index in [0.29, 0.717) is 0 Å². The molecule has 1 aliphatic heterocycles. The van der Waals surface area contributed by atoms with Crippen LogP contribution in [-0.4, -0.2) is 39.0 Å². The molecule has 78 valence electrons. The maximum absolute atomic E-state index is 3.94. The van der Waals surface area contributed by atoms with E-state index < -0.39 is 0 Å². The molecule has 2 heterocycles. The van der Waals surface area contributed by atoms with Crippen molar-refractivity contribution in [3.8, 4) is 0 Å². The number of thioether (sulfide) groups is 1. The highest BCUT2D eigenvalue weighted by Gasteiger charge is 2.14. The lowest BCUT2D eigenvalue weighted by Crippen LogP contribution is -2.30. The summed E-state index contributed by atoms with van der Waals surface area (Å²) < 4.78 is 1.72. The monoisotopic (exact) mass is 213 g/mol. The van der Waals surface area contributed by atoms with Gasteiger partial charge in [0.1, 0.15) is 0 Å². The molecule has 14 heavy (non-hydrogen) atoms. The van der Waals surface area contributed by atoms with E-state index in [9.17, 15) is 0 Å². The van der Waals surface area contributed by atoms with Crippen LogP contribution in [0, 0.1) is 5.92 Å². The highest BCUT2D eigenvalue weighted by Crippen LogP contribution is 2.20. The molecule has 0 spiro atoms. The second-order valence-corrected chi connectivity index (χ2v) is 4.60. The Hall–Kier alpha value is -0.620. The SMILES string of the molecule is Cn1nnnc1SCC1CCCNC1. The minimum absolute atomic E-state index is 0.769. The van der Waals surface area contributed by atoms with Gasteiger partial charge >= 0.3 is 0 Å². The Morgan fingerprint density at radius 1 is 1.64 bits per heavy atom. The van der Waals surface area contributed by atoms with Crippen LogP contribution in [0.2, 0.25) is 0 Å². The van der Waals surface area contributed by atoms with Crippen molar-refractivity contribution in [2.75, 3.05) is 18.8 Å². The van der Waals surface area contributed by atoms with Crippen molar-refractivity contribution in [1.82, 2.24) is 25.5 Å².